The number of hydrogen-bond acceptors (Lipinski definition) is 6. The third-order valence-electron chi connectivity index (χ3n) is 6.20. The zero-order valence-corrected chi connectivity index (χ0v) is 20.8. The lowest BCUT2D eigenvalue weighted by molar-refractivity contribution is 0.0983. The number of nitrogens with zero attached hydrogens (tertiary/aromatic N) is 3. The van der Waals surface area contributed by atoms with Crippen LogP contribution < -0.4 is 4.90 Å². The number of hydrogen-bond donors (Lipinski definition) is 0. The zero-order valence-electron chi connectivity index (χ0n) is 19.2. The van der Waals surface area contributed by atoms with Crippen molar-refractivity contribution >= 4 is 42.6 Å². The Bertz CT molecular complexity index is 1420. The van der Waals surface area contributed by atoms with Crippen LogP contribution in [0.3, 0.4) is 0 Å². The fourth-order valence-electron chi connectivity index (χ4n) is 3.79. The number of fused-ring (bicyclic) bond motifs is 1. The molecule has 7 nitrogen and oxygen atoms in total. The number of furan rings is 1. The molecule has 1 aliphatic rings. The first-order chi connectivity index (χ1) is 16.2. The molecule has 0 N–H and O–H groups in total. The summed E-state index contributed by atoms with van der Waals surface area (Å²) in [7, 11) is -1.97. The molecular formula is C25H25N3O4S2. The summed E-state index contributed by atoms with van der Waals surface area (Å²) in [5.41, 5.74) is 3.52. The quantitative estimate of drug-likeness (QED) is 0.355. The van der Waals surface area contributed by atoms with E-state index in [-0.39, 0.29) is 23.4 Å². The summed E-state index contributed by atoms with van der Waals surface area (Å²) in [6.45, 7) is 4.31. The van der Waals surface area contributed by atoms with Gasteiger partial charge in [-0.1, -0.05) is 11.3 Å². The predicted molar refractivity (Wildman–Crippen MR) is 133 cm³/mol. The van der Waals surface area contributed by atoms with Crippen LogP contribution >= 0.6 is 11.3 Å². The molecule has 0 radical (unpaired) electrons. The molecule has 1 aliphatic carbocycles. The van der Waals surface area contributed by atoms with Crippen molar-refractivity contribution in [1.82, 2.24) is 9.29 Å². The van der Waals surface area contributed by atoms with Crippen molar-refractivity contribution in [3.8, 4) is 0 Å². The van der Waals surface area contributed by atoms with Crippen LogP contribution in [0.25, 0.3) is 10.2 Å². The van der Waals surface area contributed by atoms with Crippen LogP contribution in [0, 0.1) is 13.8 Å². The molecule has 2 aromatic heterocycles. The fraction of sp³-hybridized carbons (Fsp3) is 0.280. The van der Waals surface area contributed by atoms with Gasteiger partial charge in [-0.3, -0.25) is 9.69 Å². The molecule has 0 unspecified atom stereocenters. The third kappa shape index (κ3) is 4.26. The second-order valence-electron chi connectivity index (χ2n) is 8.65. The smallest absolute Gasteiger partial charge is 0.260 e. The zero-order chi connectivity index (χ0) is 24.0. The van der Waals surface area contributed by atoms with Gasteiger partial charge in [0.15, 0.2) is 5.13 Å². The lowest BCUT2D eigenvalue weighted by Crippen LogP contribution is -2.31. The highest BCUT2D eigenvalue weighted by molar-refractivity contribution is 7.89. The molecule has 34 heavy (non-hydrogen) atoms. The molecular weight excluding hydrogens is 470 g/mol. The number of amides is 1. The van der Waals surface area contributed by atoms with Crippen molar-refractivity contribution in [2.75, 3.05) is 11.9 Å². The normalized spacial score (nSPS) is 14.1. The first kappa shape index (κ1) is 22.8. The van der Waals surface area contributed by atoms with Gasteiger partial charge in [0.05, 0.1) is 27.9 Å². The maximum Gasteiger partial charge on any atom is 0.260 e. The fourth-order valence-corrected chi connectivity index (χ4v) is 6.25. The van der Waals surface area contributed by atoms with Gasteiger partial charge in [0, 0.05) is 18.7 Å². The molecule has 0 aliphatic heterocycles. The number of carbonyl (C=O) groups excluding carboxylic acids is 1. The third-order valence-corrected chi connectivity index (χ3v) is 9.17. The van der Waals surface area contributed by atoms with E-state index >= 15 is 0 Å². The van der Waals surface area contributed by atoms with Gasteiger partial charge in [0.2, 0.25) is 10.0 Å². The number of anilines is 1. The summed E-state index contributed by atoms with van der Waals surface area (Å²) in [5, 5.41) is 0.562. The Balaban J connectivity index is 1.48. The van der Waals surface area contributed by atoms with Gasteiger partial charge in [-0.2, -0.15) is 4.31 Å². The summed E-state index contributed by atoms with van der Waals surface area (Å²) in [6, 6.07) is 13.9. The Morgan fingerprint density at radius 3 is 2.47 bits per heavy atom. The number of sulfonamides is 1. The molecule has 9 heteroatoms. The van der Waals surface area contributed by atoms with Crippen LogP contribution in [0.5, 0.6) is 0 Å². The monoisotopic (exact) mass is 495 g/mol. The van der Waals surface area contributed by atoms with Crippen molar-refractivity contribution in [2.45, 2.75) is 44.2 Å². The predicted octanol–water partition coefficient (Wildman–Crippen LogP) is 5.14. The molecule has 0 bridgehead atoms. The highest BCUT2D eigenvalue weighted by Gasteiger charge is 2.35. The maximum absolute atomic E-state index is 13.6. The van der Waals surface area contributed by atoms with Crippen LogP contribution in [0.15, 0.2) is 64.1 Å². The topological polar surface area (TPSA) is 83.7 Å². The van der Waals surface area contributed by atoms with E-state index in [9.17, 15) is 13.2 Å². The van der Waals surface area contributed by atoms with Gasteiger partial charge < -0.3 is 4.42 Å². The number of rotatable bonds is 7. The first-order valence-corrected chi connectivity index (χ1v) is 13.3. The molecule has 0 spiro atoms. The van der Waals surface area contributed by atoms with Crippen LogP contribution in [-0.2, 0) is 16.6 Å². The summed E-state index contributed by atoms with van der Waals surface area (Å²) < 4.78 is 33.6. The summed E-state index contributed by atoms with van der Waals surface area (Å²) in [6.07, 6.45) is 3.34. The molecule has 1 amide bonds. The molecule has 0 saturated heterocycles. The minimum absolute atomic E-state index is 0.0707. The van der Waals surface area contributed by atoms with E-state index in [0.717, 1.165) is 28.6 Å². The van der Waals surface area contributed by atoms with Gasteiger partial charge in [0.1, 0.15) is 5.76 Å². The molecule has 2 heterocycles. The Kier molecular flexibility index (Phi) is 5.79. The van der Waals surface area contributed by atoms with E-state index in [0.29, 0.717) is 16.5 Å². The van der Waals surface area contributed by atoms with Gasteiger partial charge in [-0.25, -0.2) is 13.4 Å². The second-order valence-corrected chi connectivity index (χ2v) is 11.7. The largest absolute Gasteiger partial charge is 0.467 e. The lowest BCUT2D eigenvalue weighted by Gasteiger charge is -2.19. The summed E-state index contributed by atoms with van der Waals surface area (Å²) >= 11 is 1.44. The lowest BCUT2D eigenvalue weighted by atomic mass is 10.1. The molecule has 1 fully saturated rings. The van der Waals surface area contributed by atoms with Gasteiger partial charge in [-0.05, 0) is 86.3 Å². The second kappa shape index (κ2) is 8.65. The number of aromatic nitrogens is 1. The molecule has 1 saturated carbocycles. The SMILES string of the molecule is Cc1cc2nc(N(Cc3ccco3)C(=O)c3ccc(S(=O)(=O)N(C)C4CC4)cc3)sc2cc1C. The Morgan fingerprint density at radius 2 is 1.82 bits per heavy atom. The standard InChI is InChI=1S/C25H25N3O4S2/c1-16-13-22-23(14-17(16)2)33-25(26-22)28(15-20-5-4-12-32-20)24(29)18-6-10-21(11-7-18)34(30,31)27(3)19-8-9-19/h4-7,10-14,19H,8-9,15H2,1-3H3. The van der Waals surface area contributed by atoms with E-state index < -0.39 is 10.0 Å². The molecule has 176 valence electrons. The number of carbonyl (C=O) groups is 1. The van der Waals surface area contributed by atoms with Crippen LogP contribution in [0.4, 0.5) is 5.13 Å². The minimum atomic E-state index is -3.57. The molecule has 2 aromatic carbocycles. The van der Waals surface area contributed by atoms with Crippen LogP contribution in [0.1, 0.15) is 40.1 Å². The Hall–Kier alpha value is -3.01. The van der Waals surface area contributed by atoms with E-state index in [2.05, 4.69) is 13.0 Å². The number of thiazole rings is 1. The molecule has 0 atom stereocenters. The van der Waals surface area contributed by atoms with E-state index in [1.807, 2.05) is 19.1 Å². The van der Waals surface area contributed by atoms with Crippen molar-refractivity contribution in [2.24, 2.45) is 0 Å². The Morgan fingerprint density at radius 1 is 1.12 bits per heavy atom. The number of benzene rings is 2. The molecule has 5 rings (SSSR count). The van der Waals surface area contributed by atoms with Gasteiger partial charge >= 0.3 is 0 Å². The van der Waals surface area contributed by atoms with E-state index in [4.69, 9.17) is 9.40 Å². The maximum atomic E-state index is 13.6. The average Bonchev–Trinajstić information content (AvgIpc) is 3.39. The van der Waals surface area contributed by atoms with Crippen molar-refractivity contribution in [3.63, 3.8) is 0 Å². The van der Waals surface area contributed by atoms with E-state index in [1.54, 1.807) is 36.4 Å². The molecule has 4 aromatic rings. The summed E-state index contributed by atoms with van der Waals surface area (Å²) in [5.74, 6) is 0.355. The Labute approximate surface area is 202 Å². The van der Waals surface area contributed by atoms with Gasteiger partial charge in [0.25, 0.3) is 5.91 Å². The van der Waals surface area contributed by atoms with Crippen LogP contribution in [0.2, 0.25) is 0 Å². The summed E-state index contributed by atoms with van der Waals surface area (Å²) in [4.78, 5) is 20.1. The average molecular weight is 496 g/mol. The van der Waals surface area contributed by atoms with Crippen molar-refractivity contribution in [1.29, 1.82) is 0 Å². The van der Waals surface area contributed by atoms with Crippen LogP contribution in [-0.4, -0.2) is 36.7 Å². The highest BCUT2D eigenvalue weighted by Crippen LogP contribution is 2.33. The minimum Gasteiger partial charge on any atom is -0.467 e. The van der Waals surface area contributed by atoms with Gasteiger partial charge in [-0.15, -0.1) is 0 Å². The number of aryl methyl sites for hydroxylation is 2. The van der Waals surface area contributed by atoms with Crippen molar-refractivity contribution in [3.05, 3.63) is 77.2 Å². The van der Waals surface area contributed by atoms with E-state index in [1.165, 1.54) is 33.3 Å². The first-order valence-electron chi connectivity index (χ1n) is 11.0. The van der Waals surface area contributed by atoms with Crippen molar-refractivity contribution < 1.29 is 17.6 Å². The highest BCUT2D eigenvalue weighted by atomic mass is 32.2.